The summed E-state index contributed by atoms with van der Waals surface area (Å²) in [6.07, 6.45) is 8.10. The Morgan fingerprint density at radius 1 is 0.920 bits per heavy atom. The van der Waals surface area contributed by atoms with Gasteiger partial charge in [0.2, 0.25) is 0 Å². The van der Waals surface area contributed by atoms with Crippen LogP contribution in [0.4, 0.5) is 0 Å². The van der Waals surface area contributed by atoms with Crippen molar-refractivity contribution >= 4 is 5.97 Å². The summed E-state index contributed by atoms with van der Waals surface area (Å²) < 4.78 is 5.06. The number of hydrogen-bond acceptors (Lipinski definition) is 4. The zero-order valence-corrected chi connectivity index (χ0v) is 15.5. The molecule has 0 aliphatic carbocycles. The first kappa shape index (κ1) is 18.4. The molecular weight excluding hydrogens is 312 g/mol. The van der Waals surface area contributed by atoms with Crippen molar-refractivity contribution in [3.05, 3.63) is 35.9 Å². The fourth-order valence-corrected chi connectivity index (χ4v) is 4.47. The standard InChI is InChI=1S/C21H32N2O2/c1-25-20(24)17-19(22-13-7-3-8-14-22)21(18-11-5-2-6-12-18)23-15-9-4-10-16-23/h2,5-6,11-12,19,21H,3-4,7-10,13-17H2,1H3. The quantitative estimate of drug-likeness (QED) is 0.738. The molecule has 2 aliphatic heterocycles. The second-order valence-corrected chi connectivity index (χ2v) is 7.40. The molecule has 0 amide bonds. The minimum atomic E-state index is -0.0893. The molecule has 4 nitrogen and oxygen atoms in total. The largest absolute Gasteiger partial charge is 0.469 e. The Kier molecular flexibility index (Phi) is 6.88. The molecule has 2 fully saturated rings. The van der Waals surface area contributed by atoms with Crippen LogP contribution < -0.4 is 0 Å². The number of methoxy groups -OCH3 is 1. The molecule has 2 saturated heterocycles. The minimum Gasteiger partial charge on any atom is -0.469 e. The highest BCUT2D eigenvalue weighted by molar-refractivity contribution is 5.70. The van der Waals surface area contributed by atoms with Gasteiger partial charge in [0, 0.05) is 6.04 Å². The molecule has 0 aromatic heterocycles. The maximum Gasteiger partial charge on any atom is 0.307 e. The van der Waals surface area contributed by atoms with Crippen LogP contribution in [0.5, 0.6) is 0 Å². The Morgan fingerprint density at radius 3 is 2.04 bits per heavy atom. The van der Waals surface area contributed by atoms with Crippen molar-refractivity contribution in [3.63, 3.8) is 0 Å². The molecule has 1 aromatic rings. The summed E-state index contributed by atoms with van der Waals surface area (Å²) >= 11 is 0. The molecule has 0 bridgehead atoms. The van der Waals surface area contributed by atoms with Crippen LogP contribution >= 0.6 is 0 Å². The van der Waals surface area contributed by atoms with E-state index in [4.69, 9.17) is 4.74 Å². The third-order valence-electron chi connectivity index (χ3n) is 5.75. The van der Waals surface area contributed by atoms with E-state index in [1.807, 2.05) is 0 Å². The van der Waals surface area contributed by atoms with E-state index in [-0.39, 0.29) is 18.1 Å². The monoisotopic (exact) mass is 344 g/mol. The number of nitrogens with zero attached hydrogens (tertiary/aromatic N) is 2. The summed E-state index contributed by atoms with van der Waals surface area (Å²) in [6.45, 7) is 4.45. The van der Waals surface area contributed by atoms with E-state index >= 15 is 0 Å². The van der Waals surface area contributed by atoms with Gasteiger partial charge < -0.3 is 4.74 Å². The Hall–Kier alpha value is -1.39. The number of carbonyl (C=O) groups excluding carboxylic acids is 1. The molecule has 0 saturated carbocycles. The van der Waals surface area contributed by atoms with Crippen molar-refractivity contribution in [2.45, 2.75) is 57.0 Å². The molecule has 0 N–H and O–H groups in total. The molecule has 3 rings (SSSR count). The number of hydrogen-bond donors (Lipinski definition) is 0. The van der Waals surface area contributed by atoms with Gasteiger partial charge in [0.1, 0.15) is 0 Å². The lowest BCUT2D eigenvalue weighted by atomic mass is 9.91. The number of esters is 1. The number of likely N-dealkylation sites (tertiary alicyclic amines) is 2. The molecule has 25 heavy (non-hydrogen) atoms. The van der Waals surface area contributed by atoms with E-state index in [1.54, 1.807) is 0 Å². The van der Waals surface area contributed by atoms with Crippen molar-refractivity contribution in [1.29, 1.82) is 0 Å². The summed E-state index contributed by atoms with van der Waals surface area (Å²) in [5, 5.41) is 0. The van der Waals surface area contributed by atoms with Crippen molar-refractivity contribution < 1.29 is 9.53 Å². The van der Waals surface area contributed by atoms with Gasteiger partial charge in [-0.2, -0.15) is 0 Å². The zero-order valence-electron chi connectivity index (χ0n) is 15.5. The van der Waals surface area contributed by atoms with Gasteiger partial charge in [0.05, 0.1) is 19.6 Å². The number of piperidine rings is 2. The Bertz CT molecular complexity index is 522. The maximum absolute atomic E-state index is 12.2. The SMILES string of the molecule is COC(=O)CC(C(c1ccccc1)N1CCCCC1)N1CCCCC1. The highest BCUT2D eigenvalue weighted by Crippen LogP contribution is 2.33. The summed E-state index contributed by atoms with van der Waals surface area (Å²) in [5.41, 5.74) is 1.34. The molecule has 0 radical (unpaired) electrons. The van der Waals surface area contributed by atoms with Gasteiger partial charge in [-0.1, -0.05) is 43.2 Å². The normalized spacial score (nSPS) is 22.3. The molecule has 2 unspecified atom stereocenters. The summed E-state index contributed by atoms with van der Waals surface area (Å²) in [5.74, 6) is -0.0893. The minimum absolute atomic E-state index is 0.0893. The second-order valence-electron chi connectivity index (χ2n) is 7.40. The zero-order chi connectivity index (χ0) is 17.5. The highest BCUT2D eigenvalue weighted by Gasteiger charge is 2.35. The van der Waals surface area contributed by atoms with Crippen molar-refractivity contribution in [2.24, 2.45) is 0 Å². The molecular formula is C21H32N2O2. The fraction of sp³-hybridized carbons (Fsp3) is 0.667. The number of rotatable bonds is 6. The van der Waals surface area contributed by atoms with Gasteiger partial charge >= 0.3 is 5.97 Å². The first-order valence-corrected chi connectivity index (χ1v) is 9.89. The van der Waals surface area contributed by atoms with Crippen LogP contribution in [0.25, 0.3) is 0 Å². The van der Waals surface area contributed by atoms with Crippen LogP contribution in [0.15, 0.2) is 30.3 Å². The summed E-state index contributed by atoms with van der Waals surface area (Å²) in [6, 6.07) is 11.3. The molecule has 4 heteroatoms. The summed E-state index contributed by atoms with van der Waals surface area (Å²) in [4.78, 5) is 17.4. The van der Waals surface area contributed by atoms with Crippen LogP contribution in [0.2, 0.25) is 0 Å². The van der Waals surface area contributed by atoms with Crippen molar-refractivity contribution in [2.75, 3.05) is 33.3 Å². The molecule has 2 aliphatic rings. The van der Waals surface area contributed by atoms with Gasteiger partial charge in [-0.3, -0.25) is 14.6 Å². The van der Waals surface area contributed by atoms with Crippen LogP contribution in [-0.2, 0) is 9.53 Å². The average molecular weight is 344 g/mol. The number of benzene rings is 1. The lowest BCUT2D eigenvalue weighted by Gasteiger charge is -2.45. The topological polar surface area (TPSA) is 32.8 Å². The smallest absolute Gasteiger partial charge is 0.307 e. The molecule has 138 valence electrons. The molecule has 2 atom stereocenters. The van der Waals surface area contributed by atoms with Crippen molar-refractivity contribution in [1.82, 2.24) is 9.80 Å². The van der Waals surface area contributed by atoms with Crippen LogP contribution in [0.3, 0.4) is 0 Å². The Morgan fingerprint density at radius 2 is 1.48 bits per heavy atom. The first-order chi connectivity index (χ1) is 12.3. The Labute approximate surface area is 152 Å². The third kappa shape index (κ3) is 4.83. The Balaban J connectivity index is 1.90. The van der Waals surface area contributed by atoms with Crippen molar-refractivity contribution in [3.8, 4) is 0 Å². The van der Waals surface area contributed by atoms with E-state index in [0.29, 0.717) is 6.42 Å². The molecule has 2 heterocycles. The van der Waals surface area contributed by atoms with Crippen LogP contribution in [0.1, 0.15) is 56.6 Å². The lowest BCUT2D eigenvalue weighted by Crippen LogP contribution is -2.50. The van der Waals surface area contributed by atoms with E-state index < -0.39 is 0 Å². The van der Waals surface area contributed by atoms with Gasteiger partial charge in [-0.05, 0) is 57.4 Å². The second kappa shape index (κ2) is 9.35. The fourth-order valence-electron chi connectivity index (χ4n) is 4.47. The van der Waals surface area contributed by atoms with Gasteiger partial charge in [-0.25, -0.2) is 0 Å². The van der Waals surface area contributed by atoms with Gasteiger partial charge in [0.15, 0.2) is 0 Å². The maximum atomic E-state index is 12.2. The molecule has 1 aromatic carbocycles. The first-order valence-electron chi connectivity index (χ1n) is 9.89. The number of carbonyl (C=O) groups is 1. The van der Waals surface area contributed by atoms with Gasteiger partial charge in [0.25, 0.3) is 0 Å². The van der Waals surface area contributed by atoms with E-state index in [0.717, 1.165) is 26.2 Å². The van der Waals surface area contributed by atoms with E-state index in [9.17, 15) is 4.79 Å². The predicted octanol–water partition coefficient (Wildman–Crippen LogP) is 3.63. The third-order valence-corrected chi connectivity index (χ3v) is 5.75. The van der Waals surface area contributed by atoms with Crippen LogP contribution in [0, 0.1) is 0 Å². The predicted molar refractivity (Wildman–Crippen MR) is 100 cm³/mol. The number of ether oxygens (including phenoxy) is 1. The average Bonchev–Trinajstić information content (AvgIpc) is 2.69. The van der Waals surface area contributed by atoms with E-state index in [2.05, 4.69) is 40.1 Å². The van der Waals surface area contributed by atoms with E-state index in [1.165, 1.54) is 51.2 Å². The lowest BCUT2D eigenvalue weighted by molar-refractivity contribution is -0.143. The summed E-state index contributed by atoms with van der Waals surface area (Å²) in [7, 11) is 1.51. The van der Waals surface area contributed by atoms with Crippen LogP contribution in [-0.4, -0.2) is 55.1 Å². The molecule has 0 spiro atoms. The van der Waals surface area contributed by atoms with Gasteiger partial charge in [-0.15, -0.1) is 0 Å². The highest BCUT2D eigenvalue weighted by atomic mass is 16.5.